The van der Waals surface area contributed by atoms with E-state index in [1.165, 1.54) is 37.7 Å². The fourth-order valence-corrected chi connectivity index (χ4v) is 2.27. The van der Waals surface area contributed by atoms with Crippen LogP contribution in [0.4, 0.5) is 21.7 Å². The summed E-state index contributed by atoms with van der Waals surface area (Å²) in [4.78, 5) is 32.1. The summed E-state index contributed by atoms with van der Waals surface area (Å²) < 4.78 is 18.3. The predicted octanol–water partition coefficient (Wildman–Crippen LogP) is 3.40. The van der Waals surface area contributed by atoms with Crippen LogP contribution in [-0.2, 0) is 4.74 Å². The van der Waals surface area contributed by atoms with Crippen LogP contribution in [0.5, 0.6) is 0 Å². The van der Waals surface area contributed by atoms with Gasteiger partial charge in [-0.3, -0.25) is 4.79 Å². The normalized spacial score (nSPS) is 10.1. The molecule has 3 rings (SSSR count). The molecule has 0 unspecified atom stereocenters. The molecule has 0 fully saturated rings. The Bertz CT molecular complexity index is 977. The minimum absolute atomic E-state index is 0.0664. The minimum Gasteiger partial charge on any atom is -0.465 e. The Morgan fingerprint density at radius 1 is 0.963 bits per heavy atom. The zero-order valence-corrected chi connectivity index (χ0v) is 14.3. The summed E-state index contributed by atoms with van der Waals surface area (Å²) >= 11 is 0. The molecule has 136 valence electrons. The number of esters is 1. The Morgan fingerprint density at radius 3 is 2.26 bits per heavy atom. The second-order valence-corrected chi connectivity index (χ2v) is 5.39. The first-order valence-corrected chi connectivity index (χ1v) is 7.91. The summed E-state index contributed by atoms with van der Waals surface area (Å²) in [6.45, 7) is 0. The highest BCUT2D eigenvalue weighted by molar-refractivity contribution is 6.04. The molecule has 0 radical (unpaired) electrons. The number of hydrogen-bond donors (Lipinski definition) is 2. The van der Waals surface area contributed by atoms with Crippen molar-refractivity contribution in [3.63, 3.8) is 0 Å². The van der Waals surface area contributed by atoms with Gasteiger partial charge in [0.05, 0.1) is 29.6 Å². The molecule has 0 atom stereocenters. The molecule has 0 saturated carbocycles. The van der Waals surface area contributed by atoms with Gasteiger partial charge in [-0.05, 0) is 24.3 Å². The lowest BCUT2D eigenvalue weighted by molar-refractivity contribution is 0.0601. The van der Waals surface area contributed by atoms with Crippen LogP contribution in [0, 0.1) is 5.82 Å². The van der Waals surface area contributed by atoms with E-state index >= 15 is 0 Å². The number of para-hydroxylation sites is 2. The average Bonchev–Trinajstić information content (AvgIpc) is 2.70. The van der Waals surface area contributed by atoms with Gasteiger partial charge in [-0.2, -0.15) is 0 Å². The molecular weight excluding hydrogens is 351 g/mol. The topological polar surface area (TPSA) is 93.2 Å². The standard InChI is InChI=1S/C19H15FN4O3/c1-27-18(26)13-6-2-4-8-15(13)24-19-21-10-12(11-22-19)17(25)23-16-9-5-3-7-14(16)20/h2-11H,1H3,(H,23,25)(H,21,22,24). The van der Waals surface area contributed by atoms with Gasteiger partial charge in [0.15, 0.2) is 0 Å². The number of aromatic nitrogens is 2. The van der Waals surface area contributed by atoms with Gasteiger partial charge < -0.3 is 15.4 Å². The SMILES string of the molecule is COC(=O)c1ccccc1Nc1ncc(C(=O)Nc2ccccc2F)cn1. The van der Waals surface area contributed by atoms with E-state index in [0.717, 1.165) is 0 Å². The number of rotatable bonds is 5. The first-order chi connectivity index (χ1) is 13.1. The van der Waals surface area contributed by atoms with Crippen molar-refractivity contribution >= 4 is 29.2 Å². The summed E-state index contributed by atoms with van der Waals surface area (Å²) in [6.07, 6.45) is 2.60. The number of amides is 1. The van der Waals surface area contributed by atoms with E-state index in [1.54, 1.807) is 30.3 Å². The lowest BCUT2D eigenvalue weighted by Crippen LogP contribution is -2.14. The largest absolute Gasteiger partial charge is 0.465 e. The number of anilines is 3. The molecule has 0 aliphatic rings. The smallest absolute Gasteiger partial charge is 0.339 e. The van der Waals surface area contributed by atoms with Crippen molar-refractivity contribution in [2.24, 2.45) is 0 Å². The average molecular weight is 366 g/mol. The van der Waals surface area contributed by atoms with Gasteiger partial charge >= 0.3 is 5.97 Å². The molecule has 0 aliphatic heterocycles. The van der Waals surface area contributed by atoms with Gasteiger partial charge in [-0.15, -0.1) is 0 Å². The van der Waals surface area contributed by atoms with Gasteiger partial charge in [-0.1, -0.05) is 24.3 Å². The van der Waals surface area contributed by atoms with E-state index in [9.17, 15) is 14.0 Å². The molecule has 1 heterocycles. The van der Waals surface area contributed by atoms with E-state index in [1.807, 2.05) is 0 Å². The number of hydrogen-bond acceptors (Lipinski definition) is 6. The third-order valence-electron chi connectivity index (χ3n) is 3.61. The summed E-state index contributed by atoms with van der Waals surface area (Å²) in [5, 5.41) is 5.35. The Hall–Kier alpha value is -3.81. The molecule has 0 aliphatic carbocycles. The highest BCUT2D eigenvalue weighted by atomic mass is 19.1. The number of nitrogens with zero attached hydrogens (tertiary/aromatic N) is 2. The second kappa shape index (κ2) is 8.05. The predicted molar refractivity (Wildman–Crippen MR) is 97.4 cm³/mol. The van der Waals surface area contributed by atoms with E-state index in [4.69, 9.17) is 4.74 Å². The van der Waals surface area contributed by atoms with Gasteiger partial charge in [0.2, 0.25) is 5.95 Å². The molecule has 2 N–H and O–H groups in total. The lowest BCUT2D eigenvalue weighted by atomic mass is 10.2. The number of methoxy groups -OCH3 is 1. The van der Waals surface area contributed by atoms with Crippen LogP contribution in [0.1, 0.15) is 20.7 Å². The van der Waals surface area contributed by atoms with Crippen molar-refractivity contribution in [1.82, 2.24) is 9.97 Å². The van der Waals surface area contributed by atoms with Gasteiger partial charge in [0.1, 0.15) is 5.82 Å². The molecule has 7 nitrogen and oxygen atoms in total. The molecule has 27 heavy (non-hydrogen) atoms. The summed E-state index contributed by atoms with van der Waals surface area (Å²) in [6, 6.07) is 12.6. The Morgan fingerprint density at radius 2 is 1.59 bits per heavy atom. The van der Waals surface area contributed by atoms with Crippen molar-refractivity contribution in [2.45, 2.75) is 0 Å². The van der Waals surface area contributed by atoms with E-state index in [-0.39, 0.29) is 17.2 Å². The van der Waals surface area contributed by atoms with E-state index < -0.39 is 17.7 Å². The molecule has 0 spiro atoms. The minimum atomic E-state index is -0.540. The zero-order chi connectivity index (χ0) is 19.2. The van der Waals surface area contributed by atoms with Crippen LogP contribution in [0.25, 0.3) is 0 Å². The van der Waals surface area contributed by atoms with Crippen molar-refractivity contribution in [3.8, 4) is 0 Å². The van der Waals surface area contributed by atoms with Crippen LogP contribution >= 0.6 is 0 Å². The number of carbonyl (C=O) groups excluding carboxylic acids is 2. The highest BCUT2D eigenvalue weighted by Gasteiger charge is 2.13. The molecule has 8 heteroatoms. The summed E-state index contributed by atoms with van der Waals surface area (Å²) in [5.41, 5.74) is 1.01. The van der Waals surface area contributed by atoms with Gasteiger partial charge in [0, 0.05) is 12.4 Å². The van der Waals surface area contributed by atoms with E-state index in [0.29, 0.717) is 11.3 Å². The van der Waals surface area contributed by atoms with Gasteiger partial charge in [-0.25, -0.2) is 19.2 Å². The van der Waals surface area contributed by atoms with Crippen LogP contribution in [0.2, 0.25) is 0 Å². The number of halogens is 1. The second-order valence-electron chi connectivity index (χ2n) is 5.39. The Labute approximate surface area is 154 Å². The maximum Gasteiger partial charge on any atom is 0.339 e. The fourth-order valence-electron chi connectivity index (χ4n) is 2.27. The highest BCUT2D eigenvalue weighted by Crippen LogP contribution is 2.19. The fraction of sp³-hybridized carbons (Fsp3) is 0.0526. The third-order valence-corrected chi connectivity index (χ3v) is 3.61. The molecule has 0 bridgehead atoms. The van der Waals surface area contributed by atoms with Crippen molar-refractivity contribution < 1.29 is 18.7 Å². The molecule has 2 aromatic carbocycles. The van der Waals surface area contributed by atoms with E-state index in [2.05, 4.69) is 20.6 Å². The number of benzene rings is 2. The first-order valence-electron chi connectivity index (χ1n) is 7.91. The van der Waals surface area contributed by atoms with Crippen molar-refractivity contribution in [3.05, 3.63) is 77.9 Å². The Balaban J connectivity index is 1.74. The summed E-state index contributed by atoms with van der Waals surface area (Å²) in [7, 11) is 1.29. The van der Waals surface area contributed by atoms with Crippen LogP contribution < -0.4 is 10.6 Å². The lowest BCUT2D eigenvalue weighted by Gasteiger charge is -2.10. The third kappa shape index (κ3) is 4.24. The van der Waals surface area contributed by atoms with Crippen molar-refractivity contribution in [2.75, 3.05) is 17.7 Å². The maximum atomic E-state index is 13.6. The quantitative estimate of drug-likeness (QED) is 0.672. The monoisotopic (exact) mass is 366 g/mol. The van der Waals surface area contributed by atoms with Crippen LogP contribution in [-0.4, -0.2) is 29.0 Å². The number of nitrogens with one attached hydrogen (secondary N) is 2. The number of ether oxygens (including phenoxy) is 1. The molecular formula is C19H15FN4O3. The molecule has 3 aromatic rings. The van der Waals surface area contributed by atoms with Crippen molar-refractivity contribution in [1.29, 1.82) is 0 Å². The summed E-state index contributed by atoms with van der Waals surface area (Å²) in [5.74, 6) is -1.39. The maximum absolute atomic E-state index is 13.6. The molecule has 0 saturated heterocycles. The molecule has 1 aromatic heterocycles. The molecule has 1 amide bonds. The first kappa shape index (κ1) is 18.0. The number of carbonyl (C=O) groups is 2. The zero-order valence-electron chi connectivity index (χ0n) is 14.3. The van der Waals surface area contributed by atoms with Crippen LogP contribution in [0.15, 0.2) is 60.9 Å². The van der Waals surface area contributed by atoms with Gasteiger partial charge in [0.25, 0.3) is 5.91 Å². The van der Waals surface area contributed by atoms with Crippen LogP contribution in [0.3, 0.4) is 0 Å². The Kier molecular flexibility index (Phi) is 5.36.